The molecule has 18 heavy (non-hydrogen) atoms. The van der Waals surface area contributed by atoms with Gasteiger partial charge in [0, 0.05) is 16.3 Å². The molecule has 0 amide bonds. The van der Waals surface area contributed by atoms with Crippen molar-refractivity contribution in [2.45, 2.75) is 12.3 Å². The summed E-state index contributed by atoms with van der Waals surface area (Å²) in [5.41, 5.74) is 1.83. The van der Waals surface area contributed by atoms with Crippen molar-refractivity contribution in [1.82, 2.24) is 0 Å². The third-order valence-electron chi connectivity index (χ3n) is 2.96. The van der Waals surface area contributed by atoms with Crippen LogP contribution in [0.25, 0.3) is 0 Å². The molecule has 0 bridgehead atoms. The van der Waals surface area contributed by atoms with Gasteiger partial charge < -0.3 is 0 Å². The van der Waals surface area contributed by atoms with Gasteiger partial charge in [-0.15, -0.1) is 11.6 Å². The number of alkyl halides is 1. The first-order chi connectivity index (χ1) is 8.72. The molecule has 2 rings (SSSR count). The average Bonchev–Trinajstić information content (AvgIpc) is 2.39. The van der Waals surface area contributed by atoms with Crippen molar-refractivity contribution in [3.8, 4) is 0 Å². The van der Waals surface area contributed by atoms with Crippen molar-refractivity contribution in [3.63, 3.8) is 0 Å². The highest BCUT2D eigenvalue weighted by molar-refractivity contribution is 9.10. The van der Waals surface area contributed by atoms with Gasteiger partial charge in [-0.2, -0.15) is 0 Å². The lowest BCUT2D eigenvalue weighted by molar-refractivity contribution is 0.598. The molecule has 0 fully saturated rings. The summed E-state index contributed by atoms with van der Waals surface area (Å²) in [6.45, 7) is 0. The zero-order chi connectivity index (χ0) is 13.0. The number of rotatable bonds is 4. The molecule has 1 unspecified atom stereocenters. The Morgan fingerprint density at radius 3 is 2.39 bits per heavy atom. The second-order valence-corrected chi connectivity index (χ2v) is 5.33. The summed E-state index contributed by atoms with van der Waals surface area (Å²) in [6.07, 6.45) is 0.610. The highest BCUT2D eigenvalue weighted by Crippen LogP contribution is 2.29. The highest BCUT2D eigenvalue weighted by Gasteiger charge is 2.15. The zero-order valence-electron chi connectivity index (χ0n) is 9.74. The number of hydrogen-bond acceptors (Lipinski definition) is 0. The summed E-state index contributed by atoms with van der Waals surface area (Å²) in [5, 5.41) is 0. The number of halogens is 3. The molecule has 0 spiro atoms. The van der Waals surface area contributed by atoms with Gasteiger partial charge in [-0.05, 0) is 29.7 Å². The van der Waals surface area contributed by atoms with Crippen LogP contribution in [0.4, 0.5) is 4.39 Å². The van der Waals surface area contributed by atoms with Gasteiger partial charge in [-0.1, -0.05) is 52.3 Å². The zero-order valence-corrected chi connectivity index (χ0v) is 12.1. The summed E-state index contributed by atoms with van der Waals surface area (Å²) in [6, 6.07) is 14.8. The van der Waals surface area contributed by atoms with Gasteiger partial charge in [-0.3, -0.25) is 0 Å². The van der Waals surface area contributed by atoms with Crippen molar-refractivity contribution in [3.05, 3.63) is 69.9 Å². The molecular formula is C15H13BrClF. The van der Waals surface area contributed by atoms with Crippen LogP contribution in [0, 0.1) is 5.82 Å². The lowest BCUT2D eigenvalue weighted by Gasteiger charge is -2.16. The van der Waals surface area contributed by atoms with E-state index in [4.69, 9.17) is 11.6 Å². The Morgan fingerprint density at radius 2 is 1.72 bits per heavy atom. The van der Waals surface area contributed by atoms with Crippen LogP contribution in [-0.2, 0) is 6.42 Å². The molecule has 1 atom stereocenters. The van der Waals surface area contributed by atoms with Crippen LogP contribution in [0.1, 0.15) is 17.0 Å². The monoisotopic (exact) mass is 326 g/mol. The summed E-state index contributed by atoms with van der Waals surface area (Å²) in [5.74, 6) is 0.413. The van der Waals surface area contributed by atoms with E-state index in [2.05, 4.69) is 15.9 Å². The van der Waals surface area contributed by atoms with Crippen LogP contribution in [-0.4, -0.2) is 5.88 Å². The molecule has 94 valence electrons. The average molecular weight is 328 g/mol. The summed E-state index contributed by atoms with van der Waals surface area (Å²) < 4.78 is 14.7. The minimum absolute atomic E-state index is 0.110. The molecule has 0 nitrogen and oxygen atoms in total. The predicted molar refractivity (Wildman–Crippen MR) is 77.7 cm³/mol. The SMILES string of the molecule is Fc1ccccc1CC(CCl)c1ccccc1Br. The fourth-order valence-corrected chi connectivity index (χ4v) is 2.87. The van der Waals surface area contributed by atoms with E-state index in [0.717, 1.165) is 10.0 Å². The van der Waals surface area contributed by atoms with E-state index in [1.165, 1.54) is 6.07 Å². The van der Waals surface area contributed by atoms with Crippen LogP contribution in [0.3, 0.4) is 0 Å². The summed E-state index contributed by atoms with van der Waals surface area (Å²) >= 11 is 9.55. The summed E-state index contributed by atoms with van der Waals surface area (Å²) in [4.78, 5) is 0. The fraction of sp³-hybridized carbons (Fsp3) is 0.200. The quantitative estimate of drug-likeness (QED) is 0.681. The third kappa shape index (κ3) is 3.12. The fourth-order valence-electron chi connectivity index (χ4n) is 1.98. The molecule has 3 heteroatoms. The van der Waals surface area contributed by atoms with Gasteiger partial charge in [0.05, 0.1) is 0 Å². The van der Waals surface area contributed by atoms with Crippen molar-refractivity contribution in [2.75, 3.05) is 5.88 Å². The van der Waals surface area contributed by atoms with E-state index in [1.54, 1.807) is 6.07 Å². The Hall–Kier alpha value is -0.860. The van der Waals surface area contributed by atoms with Gasteiger partial charge in [0.25, 0.3) is 0 Å². The Balaban J connectivity index is 2.26. The van der Waals surface area contributed by atoms with Crippen molar-refractivity contribution < 1.29 is 4.39 Å². The van der Waals surface area contributed by atoms with E-state index in [9.17, 15) is 4.39 Å². The lowest BCUT2D eigenvalue weighted by Crippen LogP contribution is -2.06. The van der Waals surface area contributed by atoms with Gasteiger partial charge >= 0.3 is 0 Å². The van der Waals surface area contributed by atoms with E-state index < -0.39 is 0 Å². The maximum atomic E-state index is 13.6. The van der Waals surface area contributed by atoms with E-state index in [-0.39, 0.29) is 11.7 Å². The summed E-state index contributed by atoms with van der Waals surface area (Å²) in [7, 11) is 0. The molecule has 0 aliphatic carbocycles. The normalized spacial score (nSPS) is 12.4. The third-order valence-corrected chi connectivity index (χ3v) is 4.05. The van der Waals surface area contributed by atoms with Crippen molar-refractivity contribution >= 4 is 27.5 Å². The van der Waals surface area contributed by atoms with Gasteiger partial charge in [-0.25, -0.2) is 4.39 Å². The number of hydrogen-bond donors (Lipinski definition) is 0. The van der Waals surface area contributed by atoms with Crippen molar-refractivity contribution in [1.29, 1.82) is 0 Å². The lowest BCUT2D eigenvalue weighted by atomic mass is 9.93. The minimum Gasteiger partial charge on any atom is -0.207 e. The molecule has 0 aliphatic rings. The molecule has 0 saturated heterocycles. The van der Waals surface area contributed by atoms with Gasteiger partial charge in [0.2, 0.25) is 0 Å². The minimum atomic E-state index is -0.167. The molecule has 0 radical (unpaired) electrons. The predicted octanol–water partition coefficient (Wildman–Crippen LogP) is 5.15. The molecule has 0 N–H and O–H groups in total. The van der Waals surface area contributed by atoms with E-state index >= 15 is 0 Å². The second kappa shape index (κ2) is 6.35. The first-order valence-electron chi connectivity index (χ1n) is 5.76. The molecule has 0 heterocycles. The van der Waals surface area contributed by atoms with Crippen molar-refractivity contribution in [2.24, 2.45) is 0 Å². The maximum absolute atomic E-state index is 13.6. The van der Waals surface area contributed by atoms with Crippen LogP contribution >= 0.6 is 27.5 Å². The molecule has 0 aromatic heterocycles. The number of benzene rings is 2. The van der Waals surface area contributed by atoms with Crippen LogP contribution < -0.4 is 0 Å². The topological polar surface area (TPSA) is 0 Å². The van der Waals surface area contributed by atoms with Gasteiger partial charge in [0.15, 0.2) is 0 Å². The molecule has 0 aliphatic heterocycles. The largest absolute Gasteiger partial charge is 0.207 e. The Kier molecular flexibility index (Phi) is 4.79. The molecule has 0 saturated carbocycles. The first kappa shape index (κ1) is 13.6. The standard InChI is InChI=1S/C15H13BrClF/c16-14-7-3-2-6-13(14)12(10-17)9-11-5-1-4-8-15(11)18/h1-8,12H,9-10H2. The van der Waals surface area contributed by atoms with Crippen LogP contribution in [0.15, 0.2) is 53.0 Å². The maximum Gasteiger partial charge on any atom is 0.126 e. The molecule has 2 aromatic carbocycles. The Bertz CT molecular complexity index is 527. The van der Waals surface area contributed by atoms with Gasteiger partial charge in [0.1, 0.15) is 5.82 Å². The highest BCUT2D eigenvalue weighted by atomic mass is 79.9. The van der Waals surface area contributed by atoms with E-state index in [0.29, 0.717) is 17.9 Å². The Labute approximate surface area is 120 Å². The second-order valence-electron chi connectivity index (χ2n) is 4.17. The Morgan fingerprint density at radius 1 is 1.06 bits per heavy atom. The molecule has 2 aromatic rings. The van der Waals surface area contributed by atoms with Crippen LogP contribution in [0.5, 0.6) is 0 Å². The first-order valence-corrected chi connectivity index (χ1v) is 7.09. The van der Waals surface area contributed by atoms with E-state index in [1.807, 2.05) is 36.4 Å². The molecular weight excluding hydrogens is 315 g/mol. The van der Waals surface area contributed by atoms with Crippen LogP contribution in [0.2, 0.25) is 0 Å². The smallest absolute Gasteiger partial charge is 0.126 e.